The lowest BCUT2D eigenvalue weighted by molar-refractivity contribution is -0.138. The molecule has 8 heteroatoms. The molecule has 1 aromatic carbocycles. The van der Waals surface area contributed by atoms with Crippen molar-refractivity contribution < 1.29 is 21.6 Å². The van der Waals surface area contributed by atoms with Gasteiger partial charge in [0.1, 0.15) is 0 Å². The molecule has 2 rings (SSSR count). The second kappa shape index (κ2) is 5.58. The molecular formula is C13H17F3N2O2S. The molecule has 0 unspecified atom stereocenters. The van der Waals surface area contributed by atoms with Gasteiger partial charge < -0.3 is 4.90 Å². The first-order chi connectivity index (χ1) is 9.64. The summed E-state index contributed by atoms with van der Waals surface area (Å²) in [6.07, 6.45) is -4.56. The first kappa shape index (κ1) is 16.3. The maximum absolute atomic E-state index is 12.9. The van der Waals surface area contributed by atoms with Gasteiger partial charge in [0.15, 0.2) is 0 Å². The Morgan fingerprint density at radius 3 is 2.19 bits per heavy atom. The molecule has 1 heterocycles. The Hall–Kier alpha value is -1.12. The van der Waals surface area contributed by atoms with Gasteiger partial charge in [0.25, 0.3) is 0 Å². The topological polar surface area (TPSA) is 40.6 Å². The molecule has 0 radical (unpaired) electrons. The third-order valence-corrected chi connectivity index (χ3v) is 5.71. The minimum absolute atomic E-state index is 0.246. The molecule has 0 saturated carbocycles. The van der Waals surface area contributed by atoms with Crippen molar-refractivity contribution in [2.75, 3.05) is 33.2 Å². The number of sulfonamides is 1. The number of likely N-dealkylation sites (N-methyl/N-ethyl adjacent to an activating group) is 1. The Labute approximate surface area is 122 Å². The van der Waals surface area contributed by atoms with E-state index in [1.807, 2.05) is 11.9 Å². The summed E-state index contributed by atoms with van der Waals surface area (Å²) >= 11 is 0. The van der Waals surface area contributed by atoms with Crippen molar-refractivity contribution in [3.05, 3.63) is 29.3 Å². The fourth-order valence-corrected chi connectivity index (χ4v) is 4.04. The summed E-state index contributed by atoms with van der Waals surface area (Å²) in [5.74, 6) is 0. The molecule has 118 valence electrons. The van der Waals surface area contributed by atoms with Crippen LogP contribution in [0.25, 0.3) is 0 Å². The van der Waals surface area contributed by atoms with Crippen molar-refractivity contribution in [3.63, 3.8) is 0 Å². The van der Waals surface area contributed by atoms with Gasteiger partial charge in [0.05, 0.1) is 10.5 Å². The summed E-state index contributed by atoms with van der Waals surface area (Å²) in [6, 6.07) is 3.27. The smallest absolute Gasteiger partial charge is 0.304 e. The van der Waals surface area contributed by atoms with E-state index in [0.29, 0.717) is 13.1 Å². The quantitative estimate of drug-likeness (QED) is 0.836. The van der Waals surface area contributed by atoms with Crippen molar-refractivity contribution >= 4 is 10.0 Å². The lowest BCUT2D eigenvalue weighted by Crippen LogP contribution is -2.47. The molecule has 21 heavy (non-hydrogen) atoms. The van der Waals surface area contributed by atoms with Crippen molar-refractivity contribution in [2.24, 2.45) is 0 Å². The van der Waals surface area contributed by atoms with Crippen LogP contribution in [0.4, 0.5) is 13.2 Å². The van der Waals surface area contributed by atoms with Crippen molar-refractivity contribution in [1.82, 2.24) is 9.21 Å². The highest BCUT2D eigenvalue weighted by atomic mass is 32.2. The summed E-state index contributed by atoms with van der Waals surface area (Å²) in [5.41, 5.74) is -1.15. The van der Waals surface area contributed by atoms with E-state index in [-0.39, 0.29) is 23.5 Å². The van der Waals surface area contributed by atoms with Crippen LogP contribution < -0.4 is 0 Å². The standard InChI is InChI=1S/C13H17F3N2O2S/c1-10-11(13(14,15)16)4-3-5-12(10)21(19,20)18-8-6-17(2)7-9-18/h3-5H,6-9H2,1-2H3. The van der Waals surface area contributed by atoms with Crippen LogP contribution in [0.1, 0.15) is 11.1 Å². The first-order valence-corrected chi connectivity index (χ1v) is 7.93. The molecular weight excluding hydrogens is 305 g/mol. The SMILES string of the molecule is Cc1c(C(F)(F)F)cccc1S(=O)(=O)N1CCN(C)CC1. The Morgan fingerprint density at radius 2 is 1.67 bits per heavy atom. The lowest BCUT2D eigenvalue weighted by atomic mass is 10.1. The number of benzene rings is 1. The van der Waals surface area contributed by atoms with Gasteiger partial charge in [0, 0.05) is 26.2 Å². The molecule has 0 atom stereocenters. The third-order valence-electron chi connectivity index (χ3n) is 3.67. The predicted octanol–water partition coefficient (Wildman–Crippen LogP) is 1.95. The highest BCUT2D eigenvalue weighted by molar-refractivity contribution is 7.89. The van der Waals surface area contributed by atoms with Gasteiger partial charge in [-0.2, -0.15) is 17.5 Å². The summed E-state index contributed by atoms with van der Waals surface area (Å²) < 4.78 is 65.0. The number of rotatable bonds is 2. The van der Waals surface area contributed by atoms with E-state index >= 15 is 0 Å². The zero-order valence-electron chi connectivity index (χ0n) is 11.8. The maximum atomic E-state index is 12.9. The zero-order valence-corrected chi connectivity index (χ0v) is 12.6. The van der Waals surface area contributed by atoms with Crippen LogP contribution in [0, 0.1) is 6.92 Å². The Balaban J connectivity index is 2.42. The van der Waals surface area contributed by atoms with Gasteiger partial charge in [-0.3, -0.25) is 0 Å². The van der Waals surface area contributed by atoms with Crippen LogP contribution in [0.3, 0.4) is 0 Å². The Kier molecular flexibility index (Phi) is 4.32. The average Bonchev–Trinajstić information content (AvgIpc) is 2.37. The number of hydrogen-bond acceptors (Lipinski definition) is 3. The highest BCUT2D eigenvalue weighted by Gasteiger charge is 2.36. The molecule has 0 bridgehead atoms. The van der Waals surface area contributed by atoms with E-state index in [9.17, 15) is 21.6 Å². The van der Waals surface area contributed by atoms with Crippen LogP contribution in [-0.2, 0) is 16.2 Å². The van der Waals surface area contributed by atoms with Gasteiger partial charge in [0.2, 0.25) is 10.0 Å². The Bertz CT molecular complexity index is 621. The van der Waals surface area contributed by atoms with Crippen LogP contribution in [0.2, 0.25) is 0 Å². The van der Waals surface area contributed by atoms with Gasteiger partial charge in [-0.15, -0.1) is 0 Å². The minimum Gasteiger partial charge on any atom is -0.304 e. The number of piperazine rings is 1. The van der Waals surface area contributed by atoms with Crippen molar-refractivity contribution in [1.29, 1.82) is 0 Å². The van der Waals surface area contributed by atoms with E-state index in [1.165, 1.54) is 17.3 Å². The number of nitrogens with zero attached hydrogens (tertiary/aromatic N) is 2. The predicted molar refractivity (Wildman–Crippen MR) is 72.4 cm³/mol. The fraction of sp³-hybridized carbons (Fsp3) is 0.538. The van der Waals surface area contributed by atoms with Crippen molar-refractivity contribution in [3.8, 4) is 0 Å². The van der Waals surface area contributed by atoms with E-state index < -0.39 is 21.8 Å². The average molecular weight is 322 g/mol. The van der Waals surface area contributed by atoms with Crippen LogP contribution in [0.5, 0.6) is 0 Å². The van der Waals surface area contributed by atoms with E-state index in [1.54, 1.807) is 0 Å². The molecule has 0 spiro atoms. The van der Waals surface area contributed by atoms with Gasteiger partial charge in [-0.25, -0.2) is 8.42 Å². The number of halogens is 3. The molecule has 4 nitrogen and oxygen atoms in total. The van der Waals surface area contributed by atoms with Crippen LogP contribution in [-0.4, -0.2) is 50.8 Å². The highest BCUT2D eigenvalue weighted by Crippen LogP contribution is 2.35. The summed E-state index contributed by atoms with van der Waals surface area (Å²) in [5, 5.41) is 0. The van der Waals surface area contributed by atoms with Gasteiger partial charge in [-0.1, -0.05) is 6.07 Å². The Morgan fingerprint density at radius 1 is 1.10 bits per heavy atom. The minimum atomic E-state index is -4.56. The molecule has 1 aliphatic rings. The zero-order chi connectivity index (χ0) is 15.8. The normalized spacial score (nSPS) is 18.9. The maximum Gasteiger partial charge on any atom is 0.416 e. The monoisotopic (exact) mass is 322 g/mol. The molecule has 0 aliphatic carbocycles. The summed E-state index contributed by atoms with van der Waals surface area (Å²) in [4.78, 5) is 1.72. The molecule has 1 fully saturated rings. The molecule has 1 aromatic rings. The van der Waals surface area contributed by atoms with Crippen molar-refractivity contribution in [2.45, 2.75) is 18.0 Å². The van der Waals surface area contributed by atoms with E-state index in [2.05, 4.69) is 0 Å². The largest absolute Gasteiger partial charge is 0.416 e. The lowest BCUT2D eigenvalue weighted by Gasteiger charge is -2.32. The number of hydrogen-bond donors (Lipinski definition) is 0. The second-order valence-corrected chi connectivity index (χ2v) is 7.04. The van der Waals surface area contributed by atoms with Gasteiger partial charge >= 0.3 is 6.18 Å². The second-order valence-electron chi connectivity index (χ2n) is 5.13. The number of alkyl halides is 3. The van der Waals surface area contributed by atoms with E-state index in [0.717, 1.165) is 12.1 Å². The van der Waals surface area contributed by atoms with E-state index in [4.69, 9.17) is 0 Å². The first-order valence-electron chi connectivity index (χ1n) is 6.49. The molecule has 1 saturated heterocycles. The third kappa shape index (κ3) is 3.22. The molecule has 0 amide bonds. The fourth-order valence-electron chi connectivity index (χ4n) is 2.37. The summed E-state index contributed by atoms with van der Waals surface area (Å²) in [7, 11) is -2.02. The van der Waals surface area contributed by atoms with Crippen LogP contribution >= 0.6 is 0 Å². The van der Waals surface area contributed by atoms with Gasteiger partial charge in [-0.05, 0) is 31.7 Å². The molecule has 0 aromatic heterocycles. The molecule has 0 N–H and O–H groups in total. The molecule has 1 aliphatic heterocycles. The van der Waals surface area contributed by atoms with Crippen LogP contribution in [0.15, 0.2) is 23.1 Å². The summed E-state index contributed by atoms with van der Waals surface area (Å²) in [6.45, 7) is 2.91.